The molecule has 4 heteroatoms. The fourth-order valence-electron chi connectivity index (χ4n) is 2.03. The van der Waals surface area contributed by atoms with Gasteiger partial charge in [-0.25, -0.2) is 0 Å². The van der Waals surface area contributed by atoms with Crippen molar-refractivity contribution in [3.63, 3.8) is 0 Å². The van der Waals surface area contributed by atoms with Crippen LogP contribution in [0.25, 0.3) is 0 Å². The molecule has 0 amide bonds. The van der Waals surface area contributed by atoms with Gasteiger partial charge in [0.15, 0.2) is 0 Å². The van der Waals surface area contributed by atoms with Gasteiger partial charge in [-0.15, -0.1) is 0 Å². The first kappa shape index (κ1) is 12.4. The third-order valence-electron chi connectivity index (χ3n) is 2.72. The van der Waals surface area contributed by atoms with Crippen LogP contribution in [0.15, 0.2) is 0 Å². The average molecular weight is 212 g/mol. The van der Waals surface area contributed by atoms with E-state index >= 15 is 0 Å². The van der Waals surface area contributed by atoms with Crippen molar-refractivity contribution in [1.82, 2.24) is 4.90 Å². The van der Waals surface area contributed by atoms with Gasteiger partial charge in [-0.2, -0.15) is 5.26 Å². The number of aliphatic hydroxyl groups is 1. The summed E-state index contributed by atoms with van der Waals surface area (Å²) in [6.07, 6.45) is 0.392. The molecule has 0 spiro atoms. The largest absolute Gasteiger partial charge is 0.394 e. The summed E-state index contributed by atoms with van der Waals surface area (Å²) in [4.78, 5) is 2.22. The van der Waals surface area contributed by atoms with E-state index in [0.29, 0.717) is 13.0 Å². The molecule has 0 aromatic rings. The summed E-state index contributed by atoms with van der Waals surface area (Å²) < 4.78 is 5.71. The number of hydrogen-bond acceptors (Lipinski definition) is 4. The van der Waals surface area contributed by atoms with E-state index < -0.39 is 0 Å². The first-order valence-corrected chi connectivity index (χ1v) is 5.38. The van der Waals surface area contributed by atoms with Gasteiger partial charge in [0.05, 0.1) is 30.8 Å². The molecule has 0 aromatic carbocycles. The van der Waals surface area contributed by atoms with Gasteiger partial charge < -0.3 is 9.84 Å². The highest BCUT2D eigenvalue weighted by atomic mass is 16.5. The standard InChI is InChI=1S/C11H20N2O2/c1-9(4-5-12)13-6-10(7-14)15-11(2,3)8-13/h9-10,14H,4,6-8H2,1-3H3. The minimum atomic E-state index is -0.241. The lowest BCUT2D eigenvalue weighted by atomic mass is 10.0. The zero-order chi connectivity index (χ0) is 11.5. The lowest BCUT2D eigenvalue weighted by Crippen LogP contribution is -2.56. The third-order valence-corrected chi connectivity index (χ3v) is 2.72. The highest BCUT2D eigenvalue weighted by Gasteiger charge is 2.34. The van der Waals surface area contributed by atoms with Gasteiger partial charge in [-0.3, -0.25) is 4.90 Å². The van der Waals surface area contributed by atoms with E-state index in [4.69, 9.17) is 15.1 Å². The van der Waals surface area contributed by atoms with Crippen LogP contribution in [0.1, 0.15) is 27.2 Å². The first-order valence-electron chi connectivity index (χ1n) is 5.38. The fourth-order valence-corrected chi connectivity index (χ4v) is 2.03. The Hall–Kier alpha value is -0.630. The van der Waals surface area contributed by atoms with Crippen LogP contribution in [0.4, 0.5) is 0 Å². The Bertz CT molecular complexity index is 247. The molecule has 2 unspecified atom stereocenters. The van der Waals surface area contributed by atoms with Gasteiger partial charge in [0.25, 0.3) is 0 Å². The second-order valence-electron chi connectivity index (χ2n) is 4.82. The molecule has 0 bridgehead atoms. The van der Waals surface area contributed by atoms with Crippen molar-refractivity contribution in [2.24, 2.45) is 0 Å². The number of hydrogen-bond donors (Lipinski definition) is 1. The Balaban J connectivity index is 2.62. The zero-order valence-corrected chi connectivity index (χ0v) is 9.73. The summed E-state index contributed by atoms with van der Waals surface area (Å²) >= 11 is 0. The van der Waals surface area contributed by atoms with E-state index in [-0.39, 0.29) is 24.4 Å². The summed E-state index contributed by atoms with van der Waals surface area (Å²) in [7, 11) is 0. The molecule has 15 heavy (non-hydrogen) atoms. The number of morpholine rings is 1. The van der Waals surface area contributed by atoms with Gasteiger partial charge in [-0.05, 0) is 20.8 Å². The van der Waals surface area contributed by atoms with Crippen LogP contribution in [-0.2, 0) is 4.74 Å². The maximum Gasteiger partial charge on any atom is 0.0940 e. The highest BCUT2D eigenvalue weighted by molar-refractivity contribution is 4.89. The van der Waals surface area contributed by atoms with Gasteiger partial charge >= 0.3 is 0 Å². The van der Waals surface area contributed by atoms with E-state index in [1.807, 2.05) is 20.8 Å². The molecule has 0 saturated carbocycles. The minimum absolute atomic E-state index is 0.0409. The Morgan fingerprint density at radius 2 is 2.33 bits per heavy atom. The van der Waals surface area contributed by atoms with Crippen LogP contribution in [-0.4, -0.2) is 47.4 Å². The quantitative estimate of drug-likeness (QED) is 0.750. The topological polar surface area (TPSA) is 56.5 Å². The number of aliphatic hydroxyl groups excluding tert-OH is 1. The molecule has 0 aliphatic carbocycles. The van der Waals surface area contributed by atoms with E-state index in [2.05, 4.69) is 11.0 Å². The molecule has 0 radical (unpaired) electrons. The summed E-state index contributed by atoms with van der Waals surface area (Å²) in [5.74, 6) is 0. The summed E-state index contributed by atoms with van der Waals surface area (Å²) in [5, 5.41) is 17.8. The van der Waals surface area contributed by atoms with Crippen LogP contribution < -0.4 is 0 Å². The predicted molar refractivity (Wildman–Crippen MR) is 57.3 cm³/mol. The molecule has 1 aliphatic heterocycles. The van der Waals surface area contributed by atoms with Crippen molar-refractivity contribution in [2.45, 2.75) is 44.9 Å². The number of ether oxygens (including phenoxy) is 1. The summed E-state index contributed by atoms with van der Waals surface area (Å²) in [6.45, 7) is 7.63. The maximum absolute atomic E-state index is 9.14. The van der Waals surface area contributed by atoms with E-state index in [1.165, 1.54) is 0 Å². The van der Waals surface area contributed by atoms with Gasteiger partial charge in [0.1, 0.15) is 0 Å². The molecule has 0 aromatic heterocycles. The van der Waals surface area contributed by atoms with E-state index in [0.717, 1.165) is 6.54 Å². The second-order valence-corrected chi connectivity index (χ2v) is 4.82. The smallest absolute Gasteiger partial charge is 0.0940 e. The van der Waals surface area contributed by atoms with Crippen LogP contribution in [0.5, 0.6) is 0 Å². The van der Waals surface area contributed by atoms with Crippen molar-refractivity contribution in [3.8, 4) is 6.07 Å². The monoisotopic (exact) mass is 212 g/mol. The SMILES string of the molecule is CC(CC#N)N1CC(CO)OC(C)(C)C1. The van der Waals surface area contributed by atoms with E-state index in [1.54, 1.807) is 0 Å². The molecule has 1 rings (SSSR count). The maximum atomic E-state index is 9.14. The predicted octanol–water partition coefficient (Wildman–Crippen LogP) is 0.760. The van der Waals surface area contributed by atoms with Crippen LogP contribution in [0, 0.1) is 11.3 Å². The van der Waals surface area contributed by atoms with Gasteiger partial charge in [0.2, 0.25) is 0 Å². The molecule has 4 nitrogen and oxygen atoms in total. The molecule has 2 atom stereocenters. The van der Waals surface area contributed by atoms with Gasteiger partial charge in [-0.1, -0.05) is 0 Å². The summed E-state index contributed by atoms with van der Waals surface area (Å²) in [5.41, 5.74) is -0.241. The van der Waals surface area contributed by atoms with Crippen molar-refractivity contribution in [2.75, 3.05) is 19.7 Å². The first-order chi connectivity index (χ1) is 6.98. The molecule has 1 heterocycles. The average Bonchev–Trinajstić information content (AvgIpc) is 2.15. The number of rotatable bonds is 3. The highest BCUT2D eigenvalue weighted by Crippen LogP contribution is 2.23. The Morgan fingerprint density at radius 3 is 2.87 bits per heavy atom. The molecule has 1 saturated heterocycles. The molecule has 1 fully saturated rings. The van der Waals surface area contributed by atoms with E-state index in [9.17, 15) is 0 Å². The molecular formula is C11H20N2O2. The molecule has 1 aliphatic rings. The Morgan fingerprint density at radius 1 is 1.67 bits per heavy atom. The van der Waals surface area contributed by atoms with Crippen LogP contribution in [0.2, 0.25) is 0 Å². The summed E-state index contributed by atoms with van der Waals surface area (Å²) in [6, 6.07) is 2.41. The molecular weight excluding hydrogens is 192 g/mol. The lowest BCUT2D eigenvalue weighted by molar-refractivity contribution is -0.155. The van der Waals surface area contributed by atoms with Crippen LogP contribution in [0.3, 0.4) is 0 Å². The normalized spacial score (nSPS) is 28.3. The Labute approximate surface area is 91.4 Å². The number of nitriles is 1. The van der Waals surface area contributed by atoms with Gasteiger partial charge in [0, 0.05) is 19.1 Å². The van der Waals surface area contributed by atoms with Crippen molar-refractivity contribution in [3.05, 3.63) is 0 Å². The minimum Gasteiger partial charge on any atom is -0.394 e. The third kappa shape index (κ3) is 3.45. The lowest BCUT2D eigenvalue weighted by Gasteiger charge is -2.44. The Kier molecular flexibility index (Phi) is 4.09. The molecule has 1 N–H and O–H groups in total. The van der Waals surface area contributed by atoms with Crippen molar-refractivity contribution in [1.29, 1.82) is 5.26 Å². The van der Waals surface area contributed by atoms with Crippen LogP contribution >= 0.6 is 0 Å². The molecule has 86 valence electrons. The number of nitrogens with zero attached hydrogens (tertiary/aromatic N) is 2. The van der Waals surface area contributed by atoms with Crippen molar-refractivity contribution >= 4 is 0 Å². The zero-order valence-electron chi connectivity index (χ0n) is 9.73. The van der Waals surface area contributed by atoms with Crippen molar-refractivity contribution < 1.29 is 9.84 Å². The second kappa shape index (κ2) is 4.93. The fraction of sp³-hybridized carbons (Fsp3) is 0.909.